The molecule has 1 fully saturated rings. The van der Waals surface area contributed by atoms with E-state index in [9.17, 15) is 37.5 Å². The van der Waals surface area contributed by atoms with Gasteiger partial charge in [-0.3, -0.25) is 10.7 Å². The van der Waals surface area contributed by atoms with Crippen LogP contribution in [0.15, 0.2) is 90.1 Å². The summed E-state index contributed by atoms with van der Waals surface area (Å²) >= 11 is -0.0716. The first-order valence-corrected chi connectivity index (χ1v) is 20.3. The van der Waals surface area contributed by atoms with Crippen molar-refractivity contribution in [3.05, 3.63) is 112 Å². The predicted molar refractivity (Wildman–Crippen MR) is 225 cm³/mol. The highest BCUT2D eigenvalue weighted by Crippen LogP contribution is 2.39. The number of benzene rings is 3. The molecule has 0 spiro atoms. The molecular weight excluding hydrogens is 850 g/mol. The summed E-state index contributed by atoms with van der Waals surface area (Å²) in [5.41, 5.74) is -2.65. The molecule has 3 aromatic carbocycles. The highest BCUT2D eigenvalue weighted by molar-refractivity contribution is 7.16. The molecular formula is C43H47F3N6O10S. The highest BCUT2D eigenvalue weighted by atomic mass is 32.1. The van der Waals surface area contributed by atoms with Crippen LogP contribution in [0.3, 0.4) is 0 Å². The van der Waals surface area contributed by atoms with Gasteiger partial charge in [-0.05, 0) is 83.4 Å². The van der Waals surface area contributed by atoms with Crippen molar-refractivity contribution >= 4 is 52.1 Å². The number of carboxylic acid groups (broad SMARTS) is 1. The minimum absolute atomic E-state index is 0.0653. The normalized spacial score (nSPS) is 15.0. The molecule has 0 radical (unpaired) electrons. The van der Waals surface area contributed by atoms with Crippen molar-refractivity contribution in [1.82, 2.24) is 15.2 Å². The Bertz CT molecular complexity index is 2240. The molecule has 5 rings (SSSR count). The van der Waals surface area contributed by atoms with Gasteiger partial charge in [0.05, 0.1) is 0 Å². The van der Waals surface area contributed by atoms with Crippen LogP contribution in [0.4, 0.5) is 27.9 Å². The lowest BCUT2D eigenvalue weighted by Gasteiger charge is -2.24. The van der Waals surface area contributed by atoms with Crippen LogP contribution in [-0.4, -0.2) is 93.7 Å². The summed E-state index contributed by atoms with van der Waals surface area (Å²) in [5, 5.41) is 26.7. The number of amides is 2. The first-order chi connectivity index (χ1) is 29.6. The summed E-state index contributed by atoms with van der Waals surface area (Å²) in [7, 11) is 0. The SMILES string of the molecule is CC(C)(C)OC(=O)Nc1nc(/C(=N/O[C@@H](COc2ccc(C(=N)N[C@@H]3CCN(C(=O)OC(C)(C)C)C3)cc2)C(=O)OC(c2ccccc2)c2ccccc2)C(=O)O)c(C(F)(F)F)s1. The van der Waals surface area contributed by atoms with Gasteiger partial charge in [0.15, 0.2) is 11.2 Å². The fraction of sp³-hybridized carbons (Fsp3) is 0.372. The molecule has 336 valence electrons. The fourth-order valence-corrected chi connectivity index (χ4v) is 6.70. The summed E-state index contributed by atoms with van der Waals surface area (Å²) in [6, 6.07) is 23.1. The van der Waals surface area contributed by atoms with Crippen molar-refractivity contribution < 1.29 is 61.2 Å². The van der Waals surface area contributed by atoms with Gasteiger partial charge in [-0.15, -0.1) is 0 Å². The standard InChI is InChI=1S/C43H47F3N6O10S/c1-41(2,3)60-39(56)50-38-49-31(34(63-38)43(44,45)46)32(36(53)54)51-62-30(37(55)59-33(25-13-9-7-10-14-25)26-15-11-8-12-16-26)24-58-29-19-17-27(18-20-29)35(47)48-28-21-22-52(23-28)40(57)61-42(4,5)6/h7-20,28,30,33H,21-24H2,1-6H3,(H2,47,48)(H,53,54)(H,49,50,56)/b51-32-/t28-,30+/m1/s1. The van der Waals surface area contributed by atoms with E-state index in [2.05, 4.69) is 20.8 Å². The number of thiazole rings is 1. The summed E-state index contributed by atoms with van der Waals surface area (Å²) in [6.45, 7) is 10.0. The minimum atomic E-state index is -5.16. The number of carbonyl (C=O) groups is 4. The first-order valence-electron chi connectivity index (χ1n) is 19.5. The molecule has 2 heterocycles. The minimum Gasteiger partial charge on any atom is -0.489 e. The molecule has 0 bridgehead atoms. The average molecular weight is 897 g/mol. The lowest BCUT2D eigenvalue weighted by atomic mass is 10.0. The zero-order valence-electron chi connectivity index (χ0n) is 35.1. The molecule has 0 saturated carbocycles. The van der Waals surface area contributed by atoms with Crippen LogP contribution >= 0.6 is 11.3 Å². The van der Waals surface area contributed by atoms with E-state index in [4.69, 9.17) is 29.2 Å². The summed E-state index contributed by atoms with van der Waals surface area (Å²) < 4.78 is 65.1. The van der Waals surface area contributed by atoms with E-state index in [0.29, 0.717) is 36.2 Å². The third kappa shape index (κ3) is 13.9. The number of hydrogen-bond acceptors (Lipinski definition) is 13. The van der Waals surface area contributed by atoms with Crippen molar-refractivity contribution in [2.45, 2.75) is 83.6 Å². The van der Waals surface area contributed by atoms with Crippen LogP contribution in [0.2, 0.25) is 0 Å². The number of esters is 1. The number of ether oxygens (including phenoxy) is 4. The topological polar surface area (TPSA) is 211 Å². The Balaban J connectivity index is 1.38. The van der Waals surface area contributed by atoms with Gasteiger partial charge in [0.2, 0.25) is 5.71 Å². The molecule has 4 aromatic rings. The number of nitrogens with one attached hydrogen (secondary N) is 3. The molecule has 1 saturated heterocycles. The van der Waals surface area contributed by atoms with E-state index in [-0.39, 0.29) is 29.0 Å². The number of halogens is 3. The van der Waals surface area contributed by atoms with E-state index in [1.54, 1.807) is 98.5 Å². The zero-order chi connectivity index (χ0) is 46.1. The molecule has 1 aromatic heterocycles. The van der Waals surface area contributed by atoms with Gasteiger partial charge in [0.25, 0.3) is 6.10 Å². The molecule has 2 atom stereocenters. The van der Waals surface area contributed by atoms with Crippen molar-refractivity contribution in [3.63, 3.8) is 0 Å². The second-order valence-corrected chi connectivity index (χ2v) is 17.1. The van der Waals surface area contributed by atoms with E-state index in [1.807, 2.05) is 0 Å². The van der Waals surface area contributed by atoms with Crippen LogP contribution in [0.1, 0.15) is 81.3 Å². The Labute approximate surface area is 364 Å². The predicted octanol–water partition coefficient (Wildman–Crippen LogP) is 8.02. The third-order valence-electron chi connectivity index (χ3n) is 8.62. The lowest BCUT2D eigenvalue weighted by Crippen LogP contribution is -2.40. The molecule has 20 heteroatoms. The van der Waals surface area contributed by atoms with Gasteiger partial charge in [0, 0.05) is 24.7 Å². The Hall–Kier alpha value is -6.70. The number of anilines is 1. The maximum absolute atomic E-state index is 14.3. The Morgan fingerprint density at radius 1 is 0.905 bits per heavy atom. The second kappa shape index (κ2) is 20.0. The fourth-order valence-electron chi connectivity index (χ4n) is 5.88. The molecule has 4 N–H and O–H groups in total. The number of alkyl halides is 3. The maximum atomic E-state index is 14.3. The number of carbonyl (C=O) groups excluding carboxylic acids is 3. The number of amidine groups is 1. The van der Waals surface area contributed by atoms with Crippen molar-refractivity contribution in [1.29, 1.82) is 5.41 Å². The second-order valence-electron chi connectivity index (χ2n) is 16.1. The molecule has 2 amide bonds. The summed E-state index contributed by atoms with van der Waals surface area (Å²) in [5.74, 6) is -2.90. The maximum Gasteiger partial charge on any atom is 0.427 e. The van der Waals surface area contributed by atoms with Crippen molar-refractivity contribution in [2.24, 2.45) is 5.16 Å². The average Bonchev–Trinajstić information content (AvgIpc) is 3.85. The number of hydrogen-bond donors (Lipinski definition) is 4. The van der Waals surface area contributed by atoms with Gasteiger partial charge < -0.3 is 39.1 Å². The van der Waals surface area contributed by atoms with E-state index in [0.717, 1.165) is 0 Å². The van der Waals surface area contributed by atoms with Gasteiger partial charge in [0.1, 0.15) is 40.0 Å². The number of oxime groups is 1. The van der Waals surface area contributed by atoms with E-state index >= 15 is 0 Å². The van der Waals surface area contributed by atoms with Crippen LogP contribution < -0.4 is 15.4 Å². The monoisotopic (exact) mass is 896 g/mol. The molecule has 63 heavy (non-hydrogen) atoms. The number of aromatic nitrogens is 1. The van der Waals surface area contributed by atoms with Gasteiger partial charge in [-0.25, -0.2) is 24.2 Å². The third-order valence-corrected chi connectivity index (χ3v) is 9.64. The van der Waals surface area contributed by atoms with Gasteiger partial charge >= 0.3 is 30.3 Å². The largest absolute Gasteiger partial charge is 0.489 e. The highest BCUT2D eigenvalue weighted by Gasteiger charge is 2.41. The van der Waals surface area contributed by atoms with Gasteiger partial charge in [-0.2, -0.15) is 13.2 Å². The Morgan fingerprint density at radius 2 is 1.49 bits per heavy atom. The summed E-state index contributed by atoms with van der Waals surface area (Å²) in [6.07, 6.45) is -9.05. The quantitative estimate of drug-likeness (QED) is 0.0312. The van der Waals surface area contributed by atoms with Crippen molar-refractivity contribution in [2.75, 3.05) is 25.0 Å². The first kappa shape index (κ1) is 47.4. The number of aliphatic carboxylic acids is 1. The van der Waals surface area contributed by atoms with E-state index in [1.165, 1.54) is 32.9 Å². The zero-order valence-corrected chi connectivity index (χ0v) is 36.0. The number of rotatable bonds is 14. The number of nitrogens with zero attached hydrogens (tertiary/aromatic N) is 3. The van der Waals surface area contributed by atoms with Crippen molar-refractivity contribution in [3.8, 4) is 5.75 Å². The Morgan fingerprint density at radius 3 is 2.03 bits per heavy atom. The lowest BCUT2D eigenvalue weighted by molar-refractivity contribution is -0.163. The van der Waals surface area contributed by atoms with Crippen LogP contribution in [0, 0.1) is 5.41 Å². The molecule has 1 aliphatic heterocycles. The van der Waals surface area contributed by atoms with Crippen LogP contribution in [0.5, 0.6) is 5.75 Å². The van der Waals surface area contributed by atoms with E-state index < -0.39 is 81.7 Å². The number of likely N-dealkylation sites (tertiary alicyclic amines) is 1. The molecule has 0 unspecified atom stereocenters. The Kier molecular flexibility index (Phi) is 15.0. The molecule has 16 nitrogen and oxygen atoms in total. The van der Waals surface area contributed by atoms with Crippen LogP contribution in [-0.2, 0) is 34.8 Å². The molecule has 1 aliphatic rings. The molecule has 0 aliphatic carbocycles. The number of carboxylic acids is 1. The van der Waals surface area contributed by atoms with Gasteiger partial charge in [-0.1, -0.05) is 77.2 Å². The smallest absolute Gasteiger partial charge is 0.427 e. The van der Waals surface area contributed by atoms with Crippen LogP contribution in [0.25, 0.3) is 0 Å². The summed E-state index contributed by atoms with van der Waals surface area (Å²) in [4.78, 5) is 60.4.